The van der Waals surface area contributed by atoms with Gasteiger partial charge < -0.3 is 10.1 Å². The number of unbranched alkanes of at least 4 members (excludes halogenated alkanes) is 3. The fourth-order valence-corrected chi connectivity index (χ4v) is 4.03. The van der Waals surface area contributed by atoms with E-state index in [1.165, 1.54) is 0 Å². The van der Waals surface area contributed by atoms with Gasteiger partial charge in [-0.15, -0.1) is 11.8 Å². The summed E-state index contributed by atoms with van der Waals surface area (Å²) in [6, 6.07) is -0.0606. The molecule has 0 unspecified atom stereocenters. The SMILES string of the molecule is C=C1N2C(=O)[C@@H](NCCCCCC=O)[C@H]2SC1(C)C. The maximum atomic E-state index is 12.1. The number of β-lactam (4-membered cyclic amide) rings is 1. The molecule has 1 amide bonds. The minimum atomic E-state index is -0.0606. The molecule has 0 aliphatic carbocycles. The molecule has 2 fully saturated rings. The van der Waals surface area contributed by atoms with Gasteiger partial charge in [-0.1, -0.05) is 13.0 Å². The van der Waals surface area contributed by atoms with Crippen LogP contribution in [0, 0.1) is 0 Å². The zero-order valence-electron chi connectivity index (χ0n) is 11.6. The van der Waals surface area contributed by atoms with Crippen molar-refractivity contribution >= 4 is 24.0 Å². The second-order valence-electron chi connectivity index (χ2n) is 5.62. The standard InChI is InChI=1S/C14H22N2O2S/c1-10-14(2,3)19-13-11(12(18)16(10)13)15-8-6-4-5-7-9-17/h9,11,13,15H,1,4-8H2,2-3H3/t11-,13-/m1/s1. The molecule has 4 nitrogen and oxygen atoms in total. The Morgan fingerprint density at radius 2 is 2.16 bits per heavy atom. The molecule has 2 rings (SSSR count). The summed E-state index contributed by atoms with van der Waals surface area (Å²) in [5.41, 5.74) is 0.927. The van der Waals surface area contributed by atoms with Gasteiger partial charge in [0.05, 0.1) is 4.75 Å². The van der Waals surface area contributed by atoms with Crippen LogP contribution < -0.4 is 5.32 Å². The molecule has 2 aliphatic heterocycles. The molecule has 0 aromatic heterocycles. The summed E-state index contributed by atoms with van der Waals surface area (Å²) in [6.07, 6.45) is 4.59. The maximum absolute atomic E-state index is 12.1. The molecule has 0 aromatic rings. The summed E-state index contributed by atoms with van der Waals surface area (Å²) in [4.78, 5) is 24.1. The van der Waals surface area contributed by atoms with Gasteiger partial charge in [0.15, 0.2) is 0 Å². The Balaban J connectivity index is 1.74. The van der Waals surface area contributed by atoms with Crippen LogP contribution in [0.15, 0.2) is 12.3 Å². The first-order valence-corrected chi connectivity index (χ1v) is 7.74. The van der Waals surface area contributed by atoms with Crippen LogP contribution in [0.3, 0.4) is 0 Å². The van der Waals surface area contributed by atoms with E-state index in [0.717, 1.165) is 37.8 Å². The second kappa shape index (κ2) is 5.67. The number of nitrogens with zero attached hydrogens (tertiary/aromatic N) is 1. The Bertz CT molecular complexity index is 395. The van der Waals surface area contributed by atoms with Gasteiger partial charge in [0, 0.05) is 12.1 Å². The average molecular weight is 282 g/mol. The average Bonchev–Trinajstić information content (AvgIpc) is 2.57. The first-order valence-electron chi connectivity index (χ1n) is 6.86. The van der Waals surface area contributed by atoms with Crippen LogP contribution in [-0.2, 0) is 9.59 Å². The minimum Gasteiger partial charge on any atom is -0.303 e. The normalized spacial score (nSPS) is 28.2. The van der Waals surface area contributed by atoms with E-state index >= 15 is 0 Å². The molecule has 0 bridgehead atoms. The molecule has 1 N–H and O–H groups in total. The summed E-state index contributed by atoms with van der Waals surface area (Å²) in [7, 11) is 0. The first-order chi connectivity index (χ1) is 8.99. The molecule has 0 saturated carbocycles. The topological polar surface area (TPSA) is 49.4 Å². The largest absolute Gasteiger partial charge is 0.303 e. The number of amides is 1. The highest BCUT2D eigenvalue weighted by molar-refractivity contribution is 8.01. The van der Waals surface area contributed by atoms with Gasteiger partial charge >= 0.3 is 0 Å². The van der Waals surface area contributed by atoms with Crippen molar-refractivity contribution in [1.82, 2.24) is 10.2 Å². The van der Waals surface area contributed by atoms with Crippen molar-refractivity contribution < 1.29 is 9.59 Å². The number of nitrogens with one attached hydrogen (secondary N) is 1. The van der Waals surface area contributed by atoms with Gasteiger partial charge in [0.2, 0.25) is 5.91 Å². The third kappa shape index (κ3) is 2.72. The van der Waals surface area contributed by atoms with E-state index in [9.17, 15) is 9.59 Å². The van der Waals surface area contributed by atoms with Crippen LogP contribution >= 0.6 is 11.8 Å². The quantitative estimate of drug-likeness (QED) is 0.440. The van der Waals surface area contributed by atoms with Gasteiger partial charge in [-0.25, -0.2) is 0 Å². The van der Waals surface area contributed by atoms with Crippen LogP contribution in [0.5, 0.6) is 0 Å². The number of fused-ring (bicyclic) bond motifs is 1. The highest BCUT2D eigenvalue weighted by Crippen LogP contribution is 2.52. The monoisotopic (exact) mass is 282 g/mol. The van der Waals surface area contributed by atoms with Crippen LogP contribution in [0.1, 0.15) is 39.5 Å². The van der Waals surface area contributed by atoms with Crippen molar-refractivity contribution in [3.63, 3.8) is 0 Å². The lowest BCUT2D eigenvalue weighted by molar-refractivity contribution is -0.142. The van der Waals surface area contributed by atoms with Crippen LogP contribution in [0.25, 0.3) is 0 Å². The molecule has 2 aliphatic rings. The summed E-state index contributed by atoms with van der Waals surface area (Å²) < 4.78 is -0.0410. The number of rotatable bonds is 7. The lowest BCUT2D eigenvalue weighted by atomic mass is 10.0. The van der Waals surface area contributed by atoms with Crippen LogP contribution in [0.2, 0.25) is 0 Å². The van der Waals surface area contributed by atoms with E-state index in [0.29, 0.717) is 6.42 Å². The Morgan fingerprint density at radius 1 is 1.42 bits per heavy atom. The van der Waals surface area contributed by atoms with E-state index < -0.39 is 0 Å². The van der Waals surface area contributed by atoms with E-state index in [2.05, 4.69) is 25.7 Å². The molecular weight excluding hydrogens is 260 g/mol. The molecule has 0 spiro atoms. The van der Waals surface area contributed by atoms with Crippen molar-refractivity contribution in [2.45, 2.75) is 55.7 Å². The zero-order chi connectivity index (χ0) is 14.0. The van der Waals surface area contributed by atoms with E-state index in [4.69, 9.17) is 0 Å². The Kier molecular flexibility index (Phi) is 4.36. The van der Waals surface area contributed by atoms with Gasteiger partial charge in [-0.05, 0) is 33.2 Å². The predicted molar refractivity (Wildman–Crippen MR) is 77.8 cm³/mol. The molecule has 2 atom stereocenters. The lowest BCUT2D eigenvalue weighted by Gasteiger charge is -2.42. The molecular formula is C14H22N2O2S. The molecule has 5 heteroatoms. The number of carbonyl (C=O) groups excluding carboxylic acids is 2. The smallest absolute Gasteiger partial charge is 0.247 e. The number of aldehydes is 1. The fourth-order valence-electron chi connectivity index (χ4n) is 2.51. The Hall–Kier alpha value is -0.810. The van der Waals surface area contributed by atoms with Gasteiger partial charge in [-0.2, -0.15) is 0 Å². The van der Waals surface area contributed by atoms with E-state index in [1.807, 2.05) is 4.90 Å². The Morgan fingerprint density at radius 3 is 2.84 bits per heavy atom. The Labute approximate surface area is 119 Å². The van der Waals surface area contributed by atoms with Crippen molar-refractivity contribution in [2.24, 2.45) is 0 Å². The highest BCUT2D eigenvalue weighted by atomic mass is 32.2. The molecule has 106 valence electrons. The number of hydrogen-bond acceptors (Lipinski definition) is 4. The van der Waals surface area contributed by atoms with E-state index in [-0.39, 0.29) is 22.1 Å². The number of thioether (sulfide) groups is 1. The summed E-state index contributed by atoms with van der Waals surface area (Å²) >= 11 is 1.81. The van der Waals surface area contributed by atoms with Crippen molar-refractivity contribution in [1.29, 1.82) is 0 Å². The lowest BCUT2D eigenvalue weighted by Crippen LogP contribution is -2.65. The van der Waals surface area contributed by atoms with Crippen LogP contribution in [-0.4, -0.2) is 39.8 Å². The fraction of sp³-hybridized carbons (Fsp3) is 0.714. The number of carbonyl (C=O) groups is 2. The van der Waals surface area contributed by atoms with E-state index in [1.54, 1.807) is 11.8 Å². The molecule has 2 saturated heterocycles. The first kappa shape index (κ1) is 14.6. The molecule has 2 heterocycles. The van der Waals surface area contributed by atoms with Crippen molar-refractivity contribution in [3.8, 4) is 0 Å². The molecule has 0 aromatic carbocycles. The highest BCUT2D eigenvalue weighted by Gasteiger charge is 2.57. The zero-order valence-corrected chi connectivity index (χ0v) is 12.5. The predicted octanol–water partition coefficient (Wildman–Crippen LogP) is 1.91. The van der Waals surface area contributed by atoms with Crippen molar-refractivity contribution in [3.05, 3.63) is 12.3 Å². The van der Waals surface area contributed by atoms with Crippen molar-refractivity contribution in [2.75, 3.05) is 6.54 Å². The number of hydrogen-bond donors (Lipinski definition) is 1. The van der Waals surface area contributed by atoms with Gasteiger partial charge in [-0.3, -0.25) is 9.69 Å². The maximum Gasteiger partial charge on any atom is 0.247 e. The van der Waals surface area contributed by atoms with Gasteiger partial charge in [0.1, 0.15) is 17.7 Å². The third-order valence-corrected chi connectivity index (χ3v) is 5.36. The molecule has 0 radical (unpaired) electrons. The third-order valence-electron chi connectivity index (χ3n) is 3.81. The second-order valence-corrected chi connectivity index (χ2v) is 7.36. The minimum absolute atomic E-state index is 0.0410. The summed E-state index contributed by atoms with van der Waals surface area (Å²) in [5.74, 6) is 0.154. The molecule has 19 heavy (non-hydrogen) atoms. The van der Waals surface area contributed by atoms with Crippen LogP contribution in [0.4, 0.5) is 0 Å². The summed E-state index contributed by atoms with van der Waals surface area (Å²) in [5, 5.41) is 3.55. The van der Waals surface area contributed by atoms with Gasteiger partial charge in [0.25, 0.3) is 0 Å². The summed E-state index contributed by atoms with van der Waals surface area (Å²) in [6.45, 7) is 9.09.